The largest absolute Gasteiger partial charge is 0.491 e. The molecule has 0 bridgehead atoms. The number of ether oxygens (including phenoxy) is 2. The van der Waals surface area contributed by atoms with Crippen LogP contribution in [0.2, 0.25) is 0 Å². The maximum atomic E-state index is 13.1. The van der Waals surface area contributed by atoms with Crippen molar-refractivity contribution in [1.82, 2.24) is 0 Å². The maximum absolute atomic E-state index is 13.1. The van der Waals surface area contributed by atoms with Crippen LogP contribution < -0.4 is 4.74 Å². The molecule has 0 heterocycles. The summed E-state index contributed by atoms with van der Waals surface area (Å²) in [6.07, 6.45) is 14.5. The lowest BCUT2D eigenvalue weighted by molar-refractivity contribution is -0.160. The highest BCUT2D eigenvalue weighted by atomic mass is 16.5. The van der Waals surface area contributed by atoms with Gasteiger partial charge in [-0.05, 0) is 50.8 Å². The van der Waals surface area contributed by atoms with Gasteiger partial charge in [-0.15, -0.1) is 0 Å². The number of hydrogen-bond donors (Lipinski definition) is 0. The Morgan fingerprint density at radius 1 is 1.03 bits per heavy atom. The molecule has 0 radical (unpaired) electrons. The number of carbonyl (C=O) groups is 3. The Bertz CT molecular complexity index is 801. The lowest BCUT2D eigenvalue weighted by Gasteiger charge is -2.33. The molecule has 1 aliphatic carbocycles. The van der Waals surface area contributed by atoms with Crippen molar-refractivity contribution in [1.29, 1.82) is 0 Å². The van der Waals surface area contributed by atoms with Crippen LogP contribution >= 0.6 is 0 Å². The molecule has 34 heavy (non-hydrogen) atoms. The van der Waals surface area contributed by atoms with Crippen molar-refractivity contribution in [2.75, 3.05) is 7.11 Å². The summed E-state index contributed by atoms with van der Waals surface area (Å²) < 4.78 is 11.0. The number of Topliss-reactive ketones (excluding diaryl/α,β-unsaturated/α-hetero) is 2. The molecule has 0 aromatic heterocycles. The van der Waals surface area contributed by atoms with Crippen LogP contribution in [-0.2, 0) is 19.1 Å². The first-order valence-corrected chi connectivity index (χ1v) is 13.3. The summed E-state index contributed by atoms with van der Waals surface area (Å²) >= 11 is 0. The van der Waals surface area contributed by atoms with E-state index in [4.69, 9.17) is 9.47 Å². The first-order chi connectivity index (χ1) is 16.3. The van der Waals surface area contributed by atoms with E-state index in [-0.39, 0.29) is 30.5 Å². The molecule has 3 unspecified atom stereocenters. The van der Waals surface area contributed by atoms with Gasteiger partial charge in [0.05, 0.1) is 13.2 Å². The standard InChI is InChI=1S/C29H44O5/c1-5-6-7-8-9-10-11-12-13-14-16-22(2)34-24-18-15-17-23(21-24)26-25(30)19-20-29(3,27(26)31)28(32)33-4/h15,17-18,21-22,26H,5-14,16,19-20H2,1-4H3. The Labute approximate surface area is 206 Å². The summed E-state index contributed by atoms with van der Waals surface area (Å²) in [7, 11) is 1.27. The second kappa shape index (κ2) is 14.3. The van der Waals surface area contributed by atoms with Crippen LogP contribution in [0.25, 0.3) is 0 Å². The van der Waals surface area contributed by atoms with E-state index in [0.29, 0.717) is 11.3 Å². The van der Waals surface area contributed by atoms with Crippen molar-refractivity contribution in [3.05, 3.63) is 29.8 Å². The van der Waals surface area contributed by atoms with Crippen molar-refractivity contribution in [3.63, 3.8) is 0 Å². The summed E-state index contributed by atoms with van der Waals surface area (Å²) in [6.45, 7) is 5.89. The molecule has 1 fully saturated rings. The number of hydrogen-bond acceptors (Lipinski definition) is 5. The molecule has 2 rings (SSSR count). The van der Waals surface area contributed by atoms with Gasteiger partial charge in [0.15, 0.2) is 5.78 Å². The van der Waals surface area contributed by atoms with Gasteiger partial charge in [-0.3, -0.25) is 14.4 Å². The quantitative estimate of drug-likeness (QED) is 0.157. The Morgan fingerprint density at radius 2 is 1.65 bits per heavy atom. The van der Waals surface area contributed by atoms with Crippen LogP contribution in [0, 0.1) is 5.41 Å². The normalized spacial score (nSPS) is 21.4. The lowest BCUT2D eigenvalue weighted by Crippen LogP contribution is -2.46. The van der Waals surface area contributed by atoms with Gasteiger partial charge in [-0.1, -0.05) is 76.8 Å². The number of rotatable bonds is 15. The first-order valence-electron chi connectivity index (χ1n) is 13.3. The van der Waals surface area contributed by atoms with Crippen LogP contribution in [-0.4, -0.2) is 30.7 Å². The van der Waals surface area contributed by atoms with Gasteiger partial charge in [-0.25, -0.2) is 0 Å². The van der Waals surface area contributed by atoms with E-state index in [1.54, 1.807) is 19.1 Å². The van der Waals surface area contributed by atoms with Crippen molar-refractivity contribution in [3.8, 4) is 5.75 Å². The number of benzene rings is 1. The van der Waals surface area contributed by atoms with Gasteiger partial charge in [0.1, 0.15) is 22.9 Å². The number of esters is 1. The van der Waals surface area contributed by atoms with Crippen molar-refractivity contribution in [2.45, 2.75) is 116 Å². The zero-order valence-corrected chi connectivity index (χ0v) is 21.7. The SMILES string of the molecule is CCCCCCCCCCCCC(C)Oc1cccc(C2C(=O)CCC(C)(C(=O)OC)C2=O)c1. The topological polar surface area (TPSA) is 69.7 Å². The first kappa shape index (κ1) is 28.1. The third kappa shape index (κ3) is 7.95. The van der Waals surface area contributed by atoms with E-state index >= 15 is 0 Å². The average Bonchev–Trinajstić information content (AvgIpc) is 2.82. The molecule has 1 aliphatic rings. The summed E-state index contributed by atoms with van der Waals surface area (Å²) in [5.74, 6) is -1.40. The van der Waals surface area contributed by atoms with Crippen molar-refractivity contribution in [2.24, 2.45) is 5.41 Å². The molecule has 1 aromatic carbocycles. The number of unbranched alkanes of at least 4 members (excludes halogenated alkanes) is 9. The molecule has 1 saturated carbocycles. The second-order valence-electron chi connectivity index (χ2n) is 10.1. The Balaban J connectivity index is 1.82. The van der Waals surface area contributed by atoms with Gasteiger partial charge in [0.2, 0.25) is 0 Å². The van der Waals surface area contributed by atoms with Gasteiger partial charge in [-0.2, -0.15) is 0 Å². The van der Waals surface area contributed by atoms with Gasteiger partial charge in [0.25, 0.3) is 0 Å². The molecule has 5 nitrogen and oxygen atoms in total. The minimum atomic E-state index is -1.28. The number of ketones is 2. The minimum Gasteiger partial charge on any atom is -0.491 e. The van der Waals surface area contributed by atoms with Crippen molar-refractivity contribution >= 4 is 17.5 Å². The zero-order chi connectivity index (χ0) is 25.0. The molecule has 0 N–H and O–H groups in total. The number of methoxy groups -OCH3 is 1. The summed E-state index contributed by atoms with van der Waals surface area (Å²) in [5.41, 5.74) is -0.694. The molecule has 0 saturated heterocycles. The molecule has 0 amide bonds. The van der Waals surface area contributed by atoms with E-state index in [1.807, 2.05) is 12.1 Å². The fourth-order valence-electron chi connectivity index (χ4n) is 4.85. The Hall–Kier alpha value is -2.17. The molecule has 190 valence electrons. The zero-order valence-electron chi connectivity index (χ0n) is 21.7. The fraction of sp³-hybridized carbons (Fsp3) is 0.690. The Morgan fingerprint density at radius 3 is 2.26 bits per heavy atom. The third-order valence-electron chi connectivity index (χ3n) is 7.13. The average molecular weight is 473 g/mol. The smallest absolute Gasteiger partial charge is 0.319 e. The van der Waals surface area contributed by atoms with E-state index in [9.17, 15) is 14.4 Å². The molecular formula is C29H44O5. The Kier molecular flexibility index (Phi) is 11.8. The van der Waals surface area contributed by atoms with E-state index in [2.05, 4.69) is 13.8 Å². The predicted molar refractivity (Wildman–Crippen MR) is 135 cm³/mol. The molecule has 1 aromatic rings. The summed E-state index contributed by atoms with van der Waals surface area (Å²) in [6, 6.07) is 7.21. The predicted octanol–water partition coefficient (Wildman–Crippen LogP) is 6.96. The highest BCUT2D eigenvalue weighted by Gasteiger charge is 2.51. The third-order valence-corrected chi connectivity index (χ3v) is 7.13. The highest BCUT2D eigenvalue weighted by Crippen LogP contribution is 2.40. The molecule has 3 atom stereocenters. The molecule has 5 heteroatoms. The van der Waals surface area contributed by atoms with Crippen molar-refractivity contribution < 1.29 is 23.9 Å². The van der Waals surface area contributed by atoms with Gasteiger partial charge < -0.3 is 9.47 Å². The van der Waals surface area contributed by atoms with E-state index < -0.39 is 17.3 Å². The van der Waals surface area contributed by atoms with Gasteiger partial charge in [0, 0.05) is 6.42 Å². The molecule has 0 spiro atoms. The summed E-state index contributed by atoms with van der Waals surface area (Å²) in [4.78, 5) is 38.0. The van der Waals surface area contributed by atoms with Gasteiger partial charge >= 0.3 is 5.97 Å². The monoisotopic (exact) mass is 472 g/mol. The molecular weight excluding hydrogens is 428 g/mol. The van der Waals surface area contributed by atoms with Crippen LogP contribution in [0.3, 0.4) is 0 Å². The maximum Gasteiger partial charge on any atom is 0.319 e. The molecule has 0 aliphatic heterocycles. The van der Waals surface area contributed by atoms with Crippen LogP contribution in [0.15, 0.2) is 24.3 Å². The fourth-order valence-corrected chi connectivity index (χ4v) is 4.85. The van der Waals surface area contributed by atoms with Crippen LogP contribution in [0.4, 0.5) is 0 Å². The van der Waals surface area contributed by atoms with Crippen LogP contribution in [0.5, 0.6) is 5.75 Å². The minimum absolute atomic E-state index is 0.0578. The highest BCUT2D eigenvalue weighted by molar-refractivity contribution is 6.18. The number of carbonyl (C=O) groups excluding carboxylic acids is 3. The summed E-state index contributed by atoms with van der Waals surface area (Å²) in [5, 5.41) is 0. The van der Waals surface area contributed by atoms with E-state index in [0.717, 1.165) is 12.8 Å². The second-order valence-corrected chi connectivity index (χ2v) is 10.1. The lowest BCUT2D eigenvalue weighted by atomic mass is 9.67. The van der Waals surface area contributed by atoms with E-state index in [1.165, 1.54) is 64.9 Å². The van der Waals surface area contributed by atoms with Crippen LogP contribution in [0.1, 0.15) is 116 Å².